The van der Waals surface area contributed by atoms with Crippen molar-refractivity contribution in [2.75, 3.05) is 7.11 Å². The molecule has 0 saturated heterocycles. The van der Waals surface area contributed by atoms with Crippen LogP contribution in [0, 0.1) is 0 Å². The van der Waals surface area contributed by atoms with Crippen LogP contribution < -0.4 is 4.74 Å². The Hall–Kier alpha value is -0.280. The van der Waals surface area contributed by atoms with E-state index in [1.54, 1.807) is 7.11 Å². The Balaban J connectivity index is 3.21. The van der Waals surface area contributed by atoms with Crippen LogP contribution in [0.4, 0.5) is 0 Å². The zero-order valence-electron chi connectivity index (χ0n) is 7.47. The van der Waals surface area contributed by atoms with Crippen molar-refractivity contribution in [1.82, 2.24) is 0 Å². The molecule has 13 heavy (non-hydrogen) atoms. The van der Waals surface area contributed by atoms with Crippen molar-refractivity contribution in [2.45, 2.75) is 6.92 Å². The SMILES string of the molecule is COc1ccccc1C(C)=C(Br)Br. The van der Waals surface area contributed by atoms with E-state index in [1.807, 2.05) is 31.2 Å². The third-order valence-corrected chi connectivity index (χ3v) is 2.98. The van der Waals surface area contributed by atoms with Gasteiger partial charge in [-0.05, 0) is 50.4 Å². The molecule has 0 bridgehead atoms. The van der Waals surface area contributed by atoms with Crippen LogP contribution in [0.15, 0.2) is 27.7 Å². The average molecular weight is 306 g/mol. The number of methoxy groups -OCH3 is 1. The van der Waals surface area contributed by atoms with Crippen molar-refractivity contribution in [3.05, 3.63) is 33.2 Å². The van der Waals surface area contributed by atoms with Gasteiger partial charge in [0.15, 0.2) is 0 Å². The maximum Gasteiger partial charge on any atom is 0.126 e. The van der Waals surface area contributed by atoms with E-state index >= 15 is 0 Å². The summed E-state index contributed by atoms with van der Waals surface area (Å²) in [6.07, 6.45) is 0. The first-order valence-electron chi connectivity index (χ1n) is 3.82. The monoisotopic (exact) mass is 304 g/mol. The van der Waals surface area contributed by atoms with E-state index in [2.05, 4.69) is 31.9 Å². The minimum absolute atomic E-state index is 0.886. The summed E-state index contributed by atoms with van der Waals surface area (Å²) in [5, 5.41) is 0. The summed E-state index contributed by atoms with van der Waals surface area (Å²) >= 11 is 6.76. The van der Waals surface area contributed by atoms with Gasteiger partial charge in [-0.2, -0.15) is 0 Å². The molecule has 0 unspecified atom stereocenters. The Kier molecular flexibility index (Phi) is 4.00. The fourth-order valence-corrected chi connectivity index (χ4v) is 1.48. The number of hydrogen-bond donors (Lipinski definition) is 0. The molecule has 0 fully saturated rings. The Bertz CT molecular complexity index is 327. The first-order valence-corrected chi connectivity index (χ1v) is 5.40. The van der Waals surface area contributed by atoms with Crippen molar-refractivity contribution < 1.29 is 4.74 Å². The van der Waals surface area contributed by atoms with Crippen LogP contribution in [0.3, 0.4) is 0 Å². The number of halogens is 2. The van der Waals surface area contributed by atoms with Gasteiger partial charge in [-0.15, -0.1) is 0 Å². The molecule has 0 heterocycles. The molecule has 0 aliphatic heterocycles. The summed E-state index contributed by atoms with van der Waals surface area (Å²) in [4.78, 5) is 0. The molecule has 0 spiro atoms. The average Bonchev–Trinajstić information content (AvgIpc) is 2.16. The molecule has 1 nitrogen and oxygen atoms in total. The summed E-state index contributed by atoms with van der Waals surface area (Å²) in [6, 6.07) is 7.92. The summed E-state index contributed by atoms with van der Waals surface area (Å²) in [5.74, 6) is 0.886. The van der Waals surface area contributed by atoms with E-state index in [0.717, 1.165) is 20.3 Å². The summed E-state index contributed by atoms with van der Waals surface area (Å²) in [5.41, 5.74) is 2.21. The Labute approximate surface area is 95.1 Å². The maximum absolute atomic E-state index is 5.24. The van der Waals surface area contributed by atoms with E-state index < -0.39 is 0 Å². The first-order chi connectivity index (χ1) is 6.16. The highest BCUT2D eigenvalue weighted by Gasteiger charge is 2.05. The van der Waals surface area contributed by atoms with Crippen LogP contribution in [0.25, 0.3) is 5.57 Å². The van der Waals surface area contributed by atoms with E-state index in [4.69, 9.17) is 4.74 Å². The topological polar surface area (TPSA) is 9.23 Å². The van der Waals surface area contributed by atoms with Crippen LogP contribution in [0.2, 0.25) is 0 Å². The lowest BCUT2D eigenvalue weighted by Gasteiger charge is -2.08. The van der Waals surface area contributed by atoms with E-state index in [1.165, 1.54) is 0 Å². The number of ether oxygens (including phenoxy) is 1. The van der Waals surface area contributed by atoms with Gasteiger partial charge in [-0.3, -0.25) is 0 Å². The second-order valence-electron chi connectivity index (χ2n) is 2.59. The molecule has 0 aliphatic carbocycles. The van der Waals surface area contributed by atoms with Crippen LogP contribution in [-0.2, 0) is 0 Å². The van der Waals surface area contributed by atoms with Gasteiger partial charge in [0.25, 0.3) is 0 Å². The molecule has 0 atom stereocenters. The quantitative estimate of drug-likeness (QED) is 0.796. The largest absolute Gasteiger partial charge is 0.496 e. The first kappa shape index (κ1) is 10.8. The van der Waals surface area contributed by atoms with Gasteiger partial charge in [-0.25, -0.2) is 0 Å². The van der Waals surface area contributed by atoms with Crippen molar-refractivity contribution >= 4 is 37.4 Å². The molecular formula is C10H10Br2O. The van der Waals surface area contributed by atoms with Gasteiger partial charge in [0, 0.05) is 5.56 Å². The van der Waals surface area contributed by atoms with Crippen LogP contribution in [-0.4, -0.2) is 7.11 Å². The molecule has 3 heteroatoms. The molecule has 1 aromatic rings. The van der Waals surface area contributed by atoms with Crippen molar-refractivity contribution in [3.63, 3.8) is 0 Å². The fraction of sp³-hybridized carbons (Fsp3) is 0.200. The number of hydrogen-bond acceptors (Lipinski definition) is 1. The third-order valence-electron chi connectivity index (χ3n) is 1.79. The van der Waals surface area contributed by atoms with E-state index in [-0.39, 0.29) is 0 Å². The van der Waals surface area contributed by atoms with Crippen molar-refractivity contribution in [1.29, 1.82) is 0 Å². The fourth-order valence-electron chi connectivity index (χ4n) is 1.06. The van der Waals surface area contributed by atoms with Gasteiger partial charge >= 0.3 is 0 Å². The predicted octanol–water partition coefficient (Wildman–Crippen LogP) is 4.17. The zero-order chi connectivity index (χ0) is 9.84. The highest BCUT2D eigenvalue weighted by atomic mass is 79.9. The smallest absolute Gasteiger partial charge is 0.126 e. The molecular weight excluding hydrogens is 296 g/mol. The normalized spacial score (nSPS) is 9.54. The van der Waals surface area contributed by atoms with Gasteiger partial charge < -0.3 is 4.74 Å². The lowest BCUT2D eigenvalue weighted by molar-refractivity contribution is 0.413. The van der Waals surface area contributed by atoms with Crippen LogP contribution in [0.5, 0.6) is 5.75 Å². The lowest BCUT2D eigenvalue weighted by atomic mass is 10.1. The Morgan fingerprint density at radius 1 is 1.23 bits per heavy atom. The van der Waals surface area contributed by atoms with E-state index in [9.17, 15) is 0 Å². The van der Waals surface area contributed by atoms with Crippen molar-refractivity contribution in [2.24, 2.45) is 0 Å². The molecule has 70 valence electrons. The predicted molar refractivity (Wildman–Crippen MR) is 63.4 cm³/mol. The number of benzene rings is 1. The highest BCUT2D eigenvalue weighted by Crippen LogP contribution is 2.32. The van der Waals surface area contributed by atoms with Gasteiger partial charge in [-0.1, -0.05) is 18.2 Å². The van der Waals surface area contributed by atoms with Gasteiger partial charge in [0.2, 0.25) is 0 Å². The molecule has 1 rings (SSSR count). The van der Waals surface area contributed by atoms with Crippen LogP contribution in [0.1, 0.15) is 12.5 Å². The second-order valence-corrected chi connectivity index (χ2v) is 5.24. The summed E-state index contributed by atoms with van der Waals surface area (Å²) in [7, 11) is 1.67. The summed E-state index contributed by atoms with van der Waals surface area (Å²) < 4.78 is 6.19. The Morgan fingerprint density at radius 2 is 1.85 bits per heavy atom. The minimum Gasteiger partial charge on any atom is -0.496 e. The molecule has 0 N–H and O–H groups in total. The van der Waals surface area contributed by atoms with Crippen LogP contribution >= 0.6 is 31.9 Å². The highest BCUT2D eigenvalue weighted by molar-refractivity contribution is 9.28. The molecule has 0 amide bonds. The van der Waals surface area contributed by atoms with Gasteiger partial charge in [0.1, 0.15) is 5.75 Å². The van der Waals surface area contributed by atoms with E-state index in [0.29, 0.717) is 0 Å². The Morgan fingerprint density at radius 3 is 2.38 bits per heavy atom. The molecule has 0 radical (unpaired) electrons. The van der Waals surface area contributed by atoms with Crippen molar-refractivity contribution in [3.8, 4) is 5.75 Å². The minimum atomic E-state index is 0.886. The number of para-hydroxylation sites is 1. The lowest BCUT2D eigenvalue weighted by Crippen LogP contribution is -1.88. The zero-order valence-corrected chi connectivity index (χ0v) is 10.6. The number of rotatable bonds is 2. The third kappa shape index (κ3) is 2.58. The summed E-state index contributed by atoms with van der Waals surface area (Å²) in [6.45, 7) is 2.02. The molecule has 0 aromatic heterocycles. The molecule has 0 saturated carbocycles. The molecule has 0 aliphatic rings. The maximum atomic E-state index is 5.24. The second kappa shape index (κ2) is 4.82. The number of allylic oxidation sites excluding steroid dienone is 1. The standard InChI is InChI=1S/C10H10Br2O/c1-7(10(11)12)8-5-3-4-6-9(8)13-2/h3-6H,1-2H3. The molecule has 1 aromatic carbocycles. The van der Waals surface area contributed by atoms with Gasteiger partial charge in [0.05, 0.1) is 10.5 Å².